The van der Waals surface area contributed by atoms with Crippen LogP contribution in [0.4, 0.5) is 0 Å². The molecule has 0 aliphatic carbocycles. The quantitative estimate of drug-likeness (QED) is 0.367. The molecule has 0 aromatic rings. The molecule has 110 valence electrons. The third-order valence-electron chi connectivity index (χ3n) is 3.19. The first-order chi connectivity index (χ1) is 8.74. The minimum atomic E-state index is 0.305. The van der Waals surface area contributed by atoms with E-state index in [4.69, 9.17) is 22.9 Å². The van der Waals surface area contributed by atoms with E-state index in [-0.39, 0.29) is 0 Å². The van der Waals surface area contributed by atoms with Crippen LogP contribution in [0.15, 0.2) is 0 Å². The van der Waals surface area contributed by atoms with Crippen LogP contribution in [-0.4, -0.2) is 50.2 Å². The fourth-order valence-electron chi connectivity index (χ4n) is 2.07. The lowest BCUT2D eigenvalue weighted by Crippen LogP contribution is -2.31. The average Bonchev–Trinajstić information content (AvgIpc) is 2.38. The Morgan fingerprint density at radius 3 is 1.61 bits per heavy atom. The van der Waals surface area contributed by atoms with Crippen LogP contribution in [0, 0.1) is 0 Å². The summed E-state index contributed by atoms with van der Waals surface area (Å²) in [7, 11) is 0. The van der Waals surface area contributed by atoms with Gasteiger partial charge in [0, 0.05) is 6.04 Å². The van der Waals surface area contributed by atoms with E-state index in [2.05, 4.69) is 4.90 Å². The minimum absolute atomic E-state index is 0.305. The summed E-state index contributed by atoms with van der Waals surface area (Å²) in [4.78, 5) is 2.45. The van der Waals surface area contributed by atoms with E-state index >= 15 is 0 Å². The van der Waals surface area contributed by atoms with Crippen molar-refractivity contribution < 1.29 is 0 Å². The van der Waals surface area contributed by atoms with Gasteiger partial charge in [-0.1, -0.05) is 0 Å². The van der Waals surface area contributed by atoms with E-state index in [9.17, 15) is 0 Å². The Bertz CT molecular complexity index is 157. The molecule has 0 bridgehead atoms. The first-order valence-electron chi connectivity index (χ1n) is 7.32. The molecule has 8 N–H and O–H groups in total. The van der Waals surface area contributed by atoms with Crippen molar-refractivity contribution >= 4 is 0 Å². The van der Waals surface area contributed by atoms with Crippen molar-refractivity contribution in [1.29, 1.82) is 0 Å². The van der Waals surface area contributed by atoms with E-state index in [1.165, 1.54) is 0 Å². The molecule has 0 aliphatic rings. The Morgan fingerprint density at radius 2 is 1.11 bits per heavy atom. The lowest BCUT2D eigenvalue weighted by Gasteiger charge is -2.22. The van der Waals surface area contributed by atoms with Crippen molar-refractivity contribution in [2.75, 3.05) is 39.3 Å². The first kappa shape index (κ1) is 17.8. The number of nitrogens with two attached hydrogens (primary N) is 4. The van der Waals surface area contributed by atoms with E-state index < -0.39 is 0 Å². The van der Waals surface area contributed by atoms with Crippen molar-refractivity contribution in [2.45, 2.75) is 44.6 Å². The lowest BCUT2D eigenvalue weighted by atomic mass is 10.1. The second kappa shape index (κ2) is 13.2. The van der Waals surface area contributed by atoms with Crippen LogP contribution < -0.4 is 22.9 Å². The summed E-state index contributed by atoms with van der Waals surface area (Å²) in [6.45, 7) is 5.52. The molecule has 0 fully saturated rings. The maximum Gasteiger partial charge on any atom is 0.00397 e. The molecular weight excluding hydrogens is 226 g/mol. The zero-order valence-electron chi connectivity index (χ0n) is 11.8. The highest BCUT2D eigenvalue weighted by Crippen LogP contribution is 2.04. The monoisotopic (exact) mass is 259 g/mol. The van der Waals surface area contributed by atoms with Gasteiger partial charge in [0.15, 0.2) is 0 Å². The highest BCUT2D eigenvalue weighted by atomic mass is 15.1. The van der Waals surface area contributed by atoms with Crippen LogP contribution in [0.5, 0.6) is 0 Å². The zero-order chi connectivity index (χ0) is 13.6. The van der Waals surface area contributed by atoms with Gasteiger partial charge in [-0.05, 0) is 77.8 Å². The van der Waals surface area contributed by atoms with Crippen molar-refractivity contribution in [3.8, 4) is 0 Å². The normalized spacial score (nSPS) is 13.2. The molecular formula is C13H33N5. The Morgan fingerprint density at radius 1 is 0.667 bits per heavy atom. The predicted molar refractivity (Wildman–Crippen MR) is 79.3 cm³/mol. The molecule has 0 aromatic heterocycles. The number of nitrogens with zero attached hydrogens (tertiary/aromatic N) is 1. The number of hydrogen-bond acceptors (Lipinski definition) is 5. The summed E-state index contributed by atoms with van der Waals surface area (Å²) in [5.41, 5.74) is 22.6. The first-order valence-corrected chi connectivity index (χ1v) is 7.32. The fraction of sp³-hybridized carbons (Fsp3) is 1.00. The Hall–Kier alpha value is -0.200. The van der Waals surface area contributed by atoms with Crippen molar-refractivity contribution in [1.82, 2.24) is 4.90 Å². The van der Waals surface area contributed by atoms with Crippen LogP contribution in [-0.2, 0) is 0 Å². The highest BCUT2D eigenvalue weighted by molar-refractivity contribution is 4.65. The molecule has 0 radical (unpaired) electrons. The van der Waals surface area contributed by atoms with Crippen LogP contribution in [0.1, 0.15) is 38.5 Å². The Labute approximate surface area is 112 Å². The summed E-state index contributed by atoms with van der Waals surface area (Å²) in [6, 6.07) is 0.305. The maximum absolute atomic E-state index is 6.03. The smallest absolute Gasteiger partial charge is 0.00397 e. The molecule has 0 aromatic carbocycles. The van der Waals surface area contributed by atoms with Gasteiger partial charge in [-0.25, -0.2) is 0 Å². The van der Waals surface area contributed by atoms with Gasteiger partial charge in [-0.3, -0.25) is 0 Å². The van der Waals surface area contributed by atoms with Gasteiger partial charge >= 0.3 is 0 Å². The molecule has 0 spiro atoms. The third-order valence-corrected chi connectivity index (χ3v) is 3.19. The van der Waals surface area contributed by atoms with Gasteiger partial charge in [0.1, 0.15) is 0 Å². The molecule has 5 nitrogen and oxygen atoms in total. The molecule has 0 amide bonds. The van der Waals surface area contributed by atoms with Gasteiger partial charge in [-0.2, -0.15) is 0 Å². The molecule has 18 heavy (non-hydrogen) atoms. The molecule has 0 heterocycles. The van der Waals surface area contributed by atoms with Crippen LogP contribution >= 0.6 is 0 Å². The summed E-state index contributed by atoms with van der Waals surface area (Å²) < 4.78 is 0. The lowest BCUT2D eigenvalue weighted by molar-refractivity contribution is 0.261. The number of rotatable bonds is 13. The highest BCUT2D eigenvalue weighted by Gasteiger charge is 2.06. The second-order valence-electron chi connectivity index (χ2n) is 4.96. The summed E-state index contributed by atoms with van der Waals surface area (Å²) in [5.74, 6) is 0. The van der Waals surface area contributed by atoms with Crippen molar-refractivity contribution in [2.24, 2.45) is 22.9 Å². The van der Waals surface area contributed by atoms with Gasteiger partial charge in [-0.15, -0.1) is 0 Å². The van der Waals surface area contributed by atoms with Crippen LogP contribution in [0.3, 0.4) is 0 Å². The predicted octanol–water partition coefficient (Wildman–Crippen LogP) is -0.168. The summed E-state index contributed by atoms with van der Waals surface area (Å²) >= 11 is 0. The second-order valence-corrected chi connectivity index (χ2v) is 4.96. The molecule has 0 aliphatic heterocycles. The van der Waals surface area contributed by atoms with Crippen LogP contribution in [0.2, 0.25) is 0 Å². The van der Waals surface area contributed by atoms with Crippen LogP contribution in [0.25, 0.3) is 0 Å². The standard InChI is InChI=1S/C13H33N5/c14-7-1-5-13(17)6-2-10-18(11-3-8-15)12-4-9-16/h13H,1-12,14-17H2. The minimum Gasteiger partial charge on any atom is -0.330 e. The molecule has 0 rings (SSSR count). The zero-order valence-corrected chi connectivity index (χ0v) is 11.8. The van der Waals surface area contributed by atoms with E-state index in [1.54, 1.807) is 0 Å². The fourth-order valence-corrected chi connectivity index (χ4v) is 2.07. The van der Waals surface area contributed by atoms with E-state index in [0.717, 1.165) is 77.8 Å². The van der Waals surface area contributed by atoms with Gasteiger partial charge < -0.3 is 27.8 Å². The SMILES string of the molecule is NCCCC(N)CCCN(CCCN)CCCN. The van der Waals surface area contributed by atoms with E-state index in [1.807, 2.05) is 0 Å². The summed E-state index contributed by atoms with van der Waals surface area (Å²) in [6.07, 6.45) is 6.43. The largest absolute Gasteiger partial charge is 0.330 e. The topological polar surface area (TPSA) is 107 Å². The Kier molecular flexibility index (Phi) is 13.1. The van der Waals surface area contributed by atoms with E-state index in [0.29, 0.717) is 6.04 Å². The molecule has 0 saturated carbocycles. The Balaban J connectivity index is 3.65. The van der Waals surface area contributed by atoms with Gasteiger partial charge in [0.2, 0.25) is 0 Å². The average molecular weight is 259 g/mol. The molecule has 5 heteroatoms. The van der Waals surface area contributed by atoms with Crippen molar-refractivity contribution in [3.05, 3.63) is 0 Å². The van der Waals surface area contributed by atoms with Gasteiger partial charge in [0.25, 0.3) is 0 Å². The molecule has 1 atom stereocenters. The summed E-state index contributed by atoms with van der Waals surface area (Å²) in [5, 5.41) is 0. The number of hydrogen-bond donors (Lipinski definition) is 4. The molecule has 0 saturated heterocycles. The molecule has 1 unspecified atom stereocenters. The van der Waals surface area contributed by atoms with Gasteiger partial charge in [0.05, 0.1) is 0 Å². The van der Waals surface area contributed by atoms with Crippen molar-refractivity contribution in [3.63, 3.8) is 0 Å². The maximum atomic E-state index is 6.03. The third kappa shape index (κ3) is 10.9.